The first-order valence-corrected chi connectivity index (χ1v) is 7.30. The number of allylic oxidation sites excluding steroid dienone is 1. The molecule has 2 aromatic carbocycles. The molecule has 0 atom stereocenters. The van der Waals surface area contributed by atoms with Crippen LogP contribution in [0.2, 0.25) is 0 Å². The van der Waals surface area contributed by atoms with Crippen molar-refractivity contribution in [1.29, 1.82) is 5.41 Å². The fraction of sp³-hybridized carbons (Fsp3) is 0.222. The number of phenols is 2. The van der Waals surface area contributed by atoms with Crippen molar-refractivity contribution in [3.05, 3.63) is 48.0 Å². The molecular weight excluding hydrogens is 310 g/mol. The number of nitrogens with one attached hydrogen (secondary N) is 1. The van der Waals surface area contributed by atoms with Crippen LogP contribution in [-0.4, -0.2) is 48.6 Å². The maximum absolute atomic E-state index is 12.2. The van der Waals surface area contributed by atoms with E-state index in [1.54, 1.807) is 24.3 Å². The van der Waals surface area contributed by atoms with Gasteiger partial charge in [-0.15, -0.1) is 0 Å². The minimum absolute atomic E-state index is 0.0477. The van der Waals surface area contributed by atoms with E-state index in [0.717, 1.165) is 6.08 Å². The van der Waals surface area contributed by atoms with Crippen LogP contribution in [0.5, 0.6) is 11.5 Å². The van der Waals surface area contributed by atoms with Gasteiger partial charge in [-0.1, -0.05) is 30.8 Å². The van der Waals surface area contributed by atoms with Crippen molar-refractivity contribution in [2.45, 2.75) is 0 Å². The summed E-state index contributed by atoms with van der Waals surface area (Å²) in [5, 5.41) is 29.9. The Hall–Kier alpha value is -2.70. The van der Waals surface area contributed by atoms with Crippen LogP contribution in [0.25, 0.3) is 10.8 Å². The van der Waals surface area contributed by atoms with E-state index in [1.807, 2.05) is 0 Å². The number of fused-ring (bicyclic) bond motifs is 1. The summed E-state index contributed by atoms with van der Waals surface area (Å²) >= 11 is 0. The molecule has 0 aliphatic carbocycles. The summed E-state index contributed by atoms with van der Waals surface area (Å²) in [6.45, 7) is 3.91. The minimum atomic E-state index is -0.579. The molecule has 0 bridgehead atoms. The maximum Gasteiger partial charge on any atom is 0.189 e. The molecule has 126 valence electrons. The number of rotatable bonds is 8. The maximum atomic E-state index is 12.2. The van der Waals surface area contributed by atoms with Crippen molar-refractivity contribution in [3.63, 3.8) is 0 Å². The summed E-state index contributed by atoms with van der Waals surface area (Å²) in [4.78, 5) is 12.2. The second kappa shape index (κ2) is 7.72. The van der Waals surface area contributed by atoms with Gasteiger partial charge in [0, 0.05) is 17.9 Å². The average molecular weight is 329 g/mol. The minimum Gasteiger partial charge on any atom is -0.507 e. The average Bonchev–Trinajstić information content (AvgIpc) is 2.60. The van der Waals surface area contributed by atoms with Crippen LogP contribution in [0, 0.1) is 5.41 Å². The molecule has 2 aromatic rings. The Morgan fingerprint density at radius 2 is 1.75 bits per heavy atom. The number of phenolic OH excluding ortho intramolecular Hbond substituents is 2. The molecule has 0 spiro atoms. The molecule has 0 unspecified atom stereocenters. The Morgan fingerprint density at radius 1 is 1.17 bits per heavy atom. The second-order valence-corrected chi connectivity index (χ2v) is 5.09. The molecule has 3 N–H and O–H groups in total. The molecule has 0 aliphatic heterocycles. The molecule has 6 nitrogen and oxygen atoms in total. The lowest BCUT2D eigenvalue weighted by atomic mass is 9.92. The lowest BCUT2D eigenvalue weighted by Crippen LogP contribution is -2.16. The monoisotopic (exact) mass is 329 g/mol. The third kappa shape index (κ3) is 3.29. The van der Waals surface area contributed by atoms with Crippen LogP contribution < -0.4 is 0 Å². The van der Waals surface area contributed by atoms with Crippen molar-refractivity contribution >= 4 is 22.3 Å². The van der Waals surface area contributed by atoms with E-state index in [4.69, 9.17) is 14.9 Å². The van der Waals surface area contributed by atoms with Gasteiger partial charge in [-0.25, -0.2) is 0 Å². The topological polar surface area (TPSA) is 99.8 Å². The molecule has 2 rings (SSSR count). The summed E-state index contributed by atoms with van der Waals surface area (Å²) in [6.07, 6.45) is 1.03. The SMILES string of the molecule is C=CC(=O)c1c(C(=N)COCCOC)c(O)c2ccccc2c1O. The van der Waals surface area contributed by atoms with Crippen molar-refractivity contribution in [2.24, 2.45) is 0 Å². The van der Waals surface area contributed by atoms with E-state index >= 15 is 0 Å². The predicted molar refractivity (Wildman–Crippen MR) is 91.3 cm³/mol. The molecule has 0 aliphatic rings. The van der Waals surface area contributed by atoms with Crippen LogP contribution >= 0.6 is 0 Å². The number of hydrogen-bond donors (Lipinski definition) is 3. The fourth-order valence-electron chi connectivity index (χ4n) is 2.43. The van der Waals surface area contributed by atoms with Crippen LogP contribution in [0.1, 0.15) is 15.9 Å². The summed E-state index contributed by atoms with van der Waals surface area (Å²) < 4.78 is 10.1. The number of ether oxygens (including phenoxy) is 2. The molecular formula is C18H19NO5. The Balaban J connectivity index is 2.57. The summed E-state index contributed by atoms with van der Waals surface area (Å²) in [5.41, 5.74) is -0.315. The van der Waals surface area contributed by atoms with Crippen molar-refractivity contribution in [3.8, 4) is 11.5 Å². The molecule has 0 saturated carbocycles. The highest BCUT2D eigenvalue weighted by Gasteiger charge is 2.25. The molecule has 6 heteroatoms. The summed E-state index contributed by atoms with van der Waals surface area (Å²) in [5.74, 6) is -1.11. The molecule has 0 amide bonds. The van der Waals surface area contributed by atoms with Gasteiger partial charge in [0.25, 0.3) is 0 Å². The first-order valence-electron chi connectivity index (χ1n) is 7.30. The zero-order chi connectivity index (χ0) is 17.7. The summed E-state index contributed by atoms with van der Waals surface area (Å²) in [7, 11) is 1.53. The van der Waals surface area contributed by atoms with Gasteiger partial charge in [0.2, 0.25) is 0 Å². The number of aromatic hydroxyl groups is 2. The van der Waals surface area contributed by atoms with Gasteiger partial charge in [-0.05, 0) is 6.08 Å². The molecule has 0 aromatic heterocycles. The third-order valence-corrected chi connectivity index (χ3v) is 3.57. The first kappa shape index (κ1) is 17.7. The van der Waals surface area contributed by atoms with Crippen LogP contribution in [0.4, 0.5) is 0 Å². The first-order chi connectivity index (χ1) is 11.5. The molecule has 0 radical (unpaired) electrons. The van der Waals surface area contributed by atoms with Crippen molar-refractivity contribution in [1.82, 2.24) is 0 Å². The second-order valence-electron chi connectivity index (χ2n) is 5.09. The van der Waals surface area contributed by atoms with E-state index in [0.29, 0.717) is 17.4 Å². The third-order valence-electron chi connectivity index (χ3n) is 3.57. The number of carbonyl (C=O) groups excluding carboxylic acids is 1. The number of carbonyl (C=O) groups is 1. The van der Waals surface area contributed by atoms with Gasteiger partial charge in [0.05, 0.1) is 36.7 Å². The van der Waals surface area contributed by atoms with E-state index in [-0.39, 0.29) is 41.6 Å². The van der Waals surface area contributed by atoms with E-state index in [9.17, 15) is 15.0 Å². The number of methoxy groups -OCH3 is 1. The predicted octanol–water partition coefficient (Wildman–Crippen LogP) is 2.65. The van der Waals surface area contributed by atoms with Crippen LogP contribution in [-0.2, 0) is 9.47 Å². The van der Waals surface area contributed by atoms with E-state index in [2.05, 4.69) is 6.58 Å². The zero-order valence-electron chi connectivity index (χ0n) is 13.3. The standard InChI is InChI=1S/C18H19NO5/c1-3-14(20)16-15(13(19)10-24-9-8-23-2)17(21)11-6-4-5-7-12(11)18(16)22/h3-7,19,21-22H,1,8-10H2,2H3. The lowest BCUT2D eigenvalue weighted by Gasteiger charge is -2.16. The number of ketones is 1. The van der Waals surface area contributed by atoms with Gasteiger partial charge in [-0.3, -0.25) is 4.79 Å². The molecule has 0 saturated heterocycles. The van der Waals surface area contributed by atoms with Crippen molar-refractivity contribution in [2.75, 3.05) is 26.9 Å². The van der Waals surface area contributed by atoms with Gasteiger partial charge in [0.1, 0.15) is 11.5 Å². The normalized spacial score (nSPS) is 10.7. The smallest absolute Gasteiger partial charge is 0.189 e. The van der Waals surface area contributed by atoms with E-state index in [1.165, 1.54) is 7.11 Å². The lowest BCUT2D eigenvalue weighted by molar-refractivity contribution is 0.0899. The highest BCUT2D eigenvalue weighted by Crippen LogP contribution is 2.40. The zero-order valence-corrected chi connectivity index (χ0v) is 13.3. The quantitative estimate of drug-likeness (QED) is 0.227. The molecule has 0 heterocycles. The Kier molecular flexibility index (Phi) is 5.68. The Morgan fingerprint density at radius 3 is 2.29 bits per heavy atom. The number of hydrogen-bond acceptors (Lipinski definition) is 6. The van der Waals surface area contributed by atoms with Crippen molar-refractivity contribution < 1.29 is 24.5 Å². The summed E-state index contributed by atoms with van der Waals surface area (Å²) in [6, 6.07) is 6.57. The van der Waals surface area contributed by atoms with Gasteiger partial charge < -0.3 is 25.1 Å². The largest absolute Gasteiger partial charge is 0.507 e. The fourth-order valence-corrected chi connectivity index (χ4v) is 2.43. The van der Waals surface area contributed by atoms with Crippen LogP contribution in [0.15, 0.2) is 36.9 Å². The van der Waals surface area contributed by atoms with E-state index < -0.39 is 5.78 Å². The van der Waals surface area contributed by atoms with Gasteiger partial charge >= 0.3 is 0 Å². The van der Waals surface area contributed by atoms with Gasteiger partial charge in [0.15, 0.2) is 5.78 Å². The van der Waals surface area contributed by atoms with Crippen LogP contribution in [0.3, 0.4) is 0 Å². The van der Waals surface area contributed by atoms with Gasteiger partial charge in [-0.2, -0.15) is 0 Å². The number of benzene rings is 2. The highest BCUT2D eigenvalue weighted by molar-refractivity contribution is 6.21. The Labute approximate surface area is 139 Å². The molecule has 0 fully saturated rings. The Bertz CT molecular complexity index is 798. The molecule has 24 heavy (non-hydrogen) atoms. The highest BCUT2D eigenvalue weighted by atomic mass is 16.5.